The molecule has 0 amide bonds. The summed E-state index contributed by atoms with van der Waals surface area (Å²) in [5.41, 5.74) is 7.38. The Morgan fingerprint density at radius 2 is 2.25 bits per heavy atom. The third-order valence-corrected chi connectivity index (χ3v) is 3.04. The van der Waals surface area contributed by atoms with Gasteiger partial charge in [0.25, 0.3) is 0 Å². The summed E-state index contributed by atoms with van der Waals surface area (Å²) in [6, 6.07) is 1.34. The van der Waals surface area contributed by atoms with Crippen LogP contribution in [0.2, 0.25) is 0 Å². The lowest BCUT2D eigenvalue weighted by atomic mass is 10.1. The lowest BCUT2D eigenvalue weighted by molar-refractivity contribution is 0.448. The number of pyridine rings is 1. The Morgan fingerprint density at radius 3 is 3.00 bits per heavy atom. The van der Waals surface area contributed by atoms with Crippen molar-refractivity contribution in [3.8, 4) is 5.75 Å². The van der Waals surface area contributed by atoms with Crippen LogP contribution in [0.1, 0.15) is 6.17 Å². The van der Waals surface area contributed by atoms with Crippen molar-refractivity contribution in [3.63, 3.8) is 0 Å². The van der Waals surface area contributed by atoms with Gasteiger partial charge in [0.05, 0.1) is 11.9 Å². The van der Waals surface area contributed by atoms with Gasteiger partial charge in [-0.25, -0.2) is 0 Å². The van der Waals surface area contributed by atoms with Crippen molar-refractivity contribution in [3.05, 3.63) is 87.9 Å². The number of nitrogens with one attached hydrogen (secondary N) is 1. The molecule has 98 valence electrons. The average Bonchev–Trinajstić information content (AvgIpc) is 2.51. The first kappa shape index (κ1) is 12.1. The maximum atomic E-state index is 11.2. The maximum absolute atomic E-state index is 11.2. The summed E-state index contributed by atoms with van der Waals surface area (Å²) in [5, 5.41) is 12.8. The summed E-state index contributed by atoms with van der Waals surface area (Å²) in [7, 11) is 0. The zero-order valence-electron chi connectivity index (χ0n) is 10.6. The van der Waals surface area contributed by atoms with Gasteiger partial charge in [-0.15, -0.1) is 0 Å². The molecule has 0 bridgehead atoms. The van der Waals surface area contributed by atoms with Crippen molar-refractivity contribution < 1.29 is 5.11 Å². The van der Waals surface area contributed by atoms with E-state index in [9.17, 15) is 9.90 Å². The molecule has 0 saturated carbocycles. The van der Waals surface area contributed by atoms with Crippen molar-refractivity contribution >= 4 is 0 Å². The SMILES string of the molecule is O=c1ccn(C2C=CC=C(C3=C=C=CC=C3)N2)cc1O. The minimum atomic E-state index is -0.386. The predicted octanol–water partition coefficient (Wildman–Crippen LogP) is 1.90. The average molecular weight is 264 g/mol. The number of hydrogen-bond acceptors (Lipinski definition) is 3. The van der Waals surface area contributed by atoms with E-state index in [2.05, 4.69) is 16.8 Å². The first-order chi connectivity index (χ1) is 9.74. The number of dihydropyridines is 1. The molecule has 1 aromatic heterocycles. The standard InChI is InChI=1S/C16H12N2O2/c19-14-9-10-18(11-15(14)20)16-8-4-7-13(17-16)12-5-2-1-3-6-12/h1-2,4-5,7-11,16-17,20H. The third kappa shape index (κ3) is 2.29. The number of rotatable bonds is 2. The fourth-order valence-corrected chi connectivity index (χ4v) is 2.02. The molecule has 20 heavy (non-hydrogen) atoms. The van der Waals surface area contributed by atoms with E-state index in [0.29, 0.717) is 0 Å². The Bertz CT molecular complexity index is 796. The molecule has 2 heterocycles. The van der Waals surface area contributed by atoms with Crippen LogP contribution in [0.3, 0.4) is 0 Å². The van der Waals surface area contributed by atoms with Crippen molar-refractivity contribution in [1.29, 1.82) is 0 Å². The van der Waals surface area contributed by atoms with Gasteiger partial charge < -0.3 is 15.0 Å². The first-order valence-electron chi connectivity index (χ1n) is 6.18. The lowest BCUT2D eigenvalue weighted by Crippen LogP contribution is -2.27. The molecule has 0 fully saturated rings. The lowest BCUT2D eigenvalue weighted by Gasteiger charge is -2.24. The smallest absolute Gasteiger partial charge is 0.223 e. The van der Waals surface area contributed by atoms with E-state index in [1.807, 2.05) is 30.4 Å². The van der Waals surface area contributed by atoms with Gasteiger partial charge in [-0.3, -0.25) is 4.79 Å². The van der Waals surface area contributed by atoms with E-state index >= 15 is 0 Å². The number of aromatic nitrogens is 1. The van der Waals surface area contributed by atoms with Gasteiger partial charge in [-0.2, -0.15) is 0 Å². The van der Waals surface area contributed by atoms with Crippen LogP contribution in [0.15, 0.2) is 82.4 Å². The highest BCUT2D eigenvalue weighted by Gasteiger charge is 2.13. The van der Waals surface area contributed by atoms with Gasteiger partial charge in [-0.05, 0) is 24.3 Å². The van der Waals surface area contributed by atoms with Crippen LogP contribution in [0.25, 0.3) is 0 Å². The van der Waals surface area contributed by atoms with Gasteiger partial charge in [0.1, 0.15) is 6.17 Å². The van der Waals surface area contributed by atoms with Crippen LogP contribution in [-0.4, -0.2) is 9.67 Å². The largest absolute Gasteiger partial charge is 0.503 e. The van der Waals surface area contributed by atoms with Gasteiger partial charge in [0, 0.05) is 17.8 Å². The van der Waals surface area contributed by atoms with Gasteiger partial charge in [-0.1, -0.05) is 23.6 Å². The van der Waals surface area contributed by atoms with Gasteiger partial charge in [0.2, 0.25) is 5.43 Å². The second-order valence-corrected chi connectivity index (χ2v) is 4.40. The zero-order valence-corrected chi connectivity index (χ0v) is 10.6. The molecule has 0 radical (unpaired) electrons. The van der Waals surface area contributed by atoms with E-state index < -0.39 is 0 Å². The van der Waals surface area contributed by atoms with Crippen LogP contribution >= 0.6 is 0 Å². The summed E-state index contributed by atoms with van der Waals surface area (Å²) < 4.78 is 1.73. The van der Waals surface area contributed by atoms with E-state index in [1.54, 1.807) is 16.8 Å². The third-order valence-electron chi connectivity index (χ3n) is 3.04. The number of allylic oxidation sites excluding steroid dienone is 5. The topological polar surface area (TPSA) is 54.3 Å². The number of nitrogens with zero attached hydrogens (tertiary/aromatic N) is 1. The van der Waals surface area contributed by atoms with Crippen LogP contribution < -0.4 is 10.7 Å². The monoisotopic (exact) mass is 264 g/mol. The predicted molar refractivity (Wildman–Crippen MR) is 76.0 cm³/mol. The van der Waals surface area contributed by atoms with Crippen LogP contribution in [0, 0.1) is 0 Å². The van der Waals surface area contributed by atoms with Crippen molar-refractivity contribution in [2.75, 3.05) is 0 Å². The zero-order chi connectivity index (χ0) is 13.9. The summed E-state index contributed by atoms with van der Waals surface area (Å²) in [5.74, 6) is -0.265. The van der Waals surface area contributed by atoms with Crippen LogP contribution in [0.4, 0.5) is 0 Å². The second kappa shape index (κ2) is 4.98. The van der Waals surface area contributed by atoms with E-state index in [4.69, 9.17) is 0 Å². The molecule has 0 spiro atoms. The highest BCUT2D eigenvalue weighted by molar-refractivity contribution is 5.44. The Morgan fingerprint density at radius 1 is 1.35 bits per heavy atom. The minimum Gasteiger partial charge on any atom is -0.503 e. The highest BCUT2D eigenvalue weighted by atomic mass is 16.3. The molecule has 3 rings (SSSR count). The van der Waals surface area contributed by atoms with Gasteiger partial charge >= 0.3 is 0 Å². The fraction of sp³-hybridized carbons (Fsp3) is 0.0625. The number of aromatic hydroxyl groups is 1. The van der Waals surface area contributed by atoms with E-state index in [1.165, 1.54) is 12.3 Å². The molecule has 1 aliphatic heterocycles. The minimum absolute atomic E-state index is 0.171. The van der Waals surface area contributed by atoms with Crippen LogP contribution in [0.5, 0.6) is 5.75 Å². The molecular weight excluding hydrogens is 252 g/mol. The molecule has 1 aromatic rings. The molecule has 4 nitrogen and oxygen atoms in total. The fourth-order valence-electron chi connectivity index (χ4n) is 2.02. The Labute approximate surface area is 115 Å². The molecule has 2 N–H and O–H groups in total. The molecule has 0 aromatic carbocycles. The quantitative estimate of drug-likeness (QED) is 0.802. The first-order valence-corrected chi connectivity index (χ1v) is 6.18. The van der Waals surface area contributed by atoms with Crippen molar-refractivity contribution in [1.82, 2.24) is 9.88 Å². The maximum Gasteiger partial charge on any atom is 0.223 e. The van der Waals surface area contributed by atoms with Crippen molar-refractivity contribution in [2.45, 2.75) is 6.17 Å². The molecule has 1 aliphatic carbocycles. The molecule has 4 heteroatoms. The normalized spacial score (nSPS) is 19.5. The summed E-state index contributed by atoms with van der Waals surface area (Å²) in [6.07, 6.45) is 14.3. The Kier molecular flexibility index (Phi) is 3.02. The van der Waals surface area contributed by atoms with E-state index in [-0.39, 0.29) is 17.3 Å². The second-order valence-electron chi connectivity index (χ2n) is 4.40. The molecule has 0 saturated heterocycles. The highest BCUT2D eigenvalue weighted by Crippen LogP contribution is 2.19. The molecule has 2 aliphatic rings. The summed E-state index contributed by atoms with van der Waals surface area (Å²) in [4.78, 5) is 11.2. The summed E-state index contributed by atoms with van der Waals surface area (Å²) >= 11 is 0. The molecule has 1 atom stereocenters. The number of hydrogen-bond donors (Lipinski definition) is 2. The molecule has 1 unspecified atom stereocenters. The Balaban J connectivity index is 1.90. The van der Waals surface area contributed by atoms with E-state index in [0.717, 1.165) is 11.3 Å². The molecular formula is C16H12N2O2. The summed E-state index contributed by atoms with van der Waals surface area (Å²) in [6.45, 7) is 0. The van der Waals surface area contributed by atoms with Crippen LogP contribution in [-0.2, 0) is 0 Å². The Hall–Kier alpha value is -2.93. The van der Waals surface area contributed by atoms with Crippen molar-refractivity contribution in [2.24, 2.45) is 0 Å². The van der Waals surface area contributed by atoms with Gasteiger partial charge in [0.15, 0.2) is 5.75 Å².